The molecule has 2 aromatic rings. The van der Waals surface area contributed by atoms with Gasteiger partial charge in [0, 0.05) is 13.5 Å². The number of aromatic nitrogens is 2. The molecule has 5 nitrogen and oxygen atoms in total. The Morgan fingerprint density at radius 3 is 2.62 bits per heavy atom. The number of carbonyl (C=O) groups excluding carboxylic acids is 1. The maximum atomic E-state index is 12.3. The molecule has 1 aliphatic carbocycles. The summed E-state index contributed by atoms with van der Waals surface area (Å²) in [5.41, 5.74) is 2.68. The number of Topliss-reactive ketones (excluding diaryl/α,β-unsaturated/α-hetero) is 1. The van der Waals surface area contributed by atoms with Gasteiger partial charge in [0.15, 0.2) is 11.6 Å². The maximum Gasteiger partial charge on any atom is 0.168 e. The van der Waals surface area contributed by atoms with Gasteiger partial charge in [0.05, 0.1) is 24.1 Å². The second kappa shape index (κ2) is 5.24. The van der Waals surface area contributed by atoms with Crippen LogP contribution in [-0.2, 0) is 6.42 Å². The largest absolute Gasteiger partial charge is 0.497 e. The average Bonchev–Trinajstić information content (AvgIpc) is 2.86. The molecule has 0 saturated heterocycles. The van der Waals surface area contributed by atoms with Crippen LogP contribution in [0.15, 0.2) is 24.3 Å². The minimum Gasteiger partial charge on any atom is -0.497 e. The first-order chi connectivity index (χ1) is 10.1. The maximum absolute atomic E-state index is 12.3. The van der Waals surface area contributed by atoms with Gasteiger partial charge in [0.1, 0.15) is 5.75 Å². The summed E-state index contributed by atoms with van der Waals surface area (Å²) in [7, 11) is 3.44. The van der Waals surface area contributed by atoms with Crippen LogP contribution in [0, 0.1) is 5.92 Å². The van der Waals surface area contributed by atoms with Crippen LogP contribution in [0.3, 0.4) is 0 Å². The summed E-state index contributed by atoms with van der Waals surface area (Å²) in [6, 6.07) is 7.71. The standard InChI is InChI=1S/C16H19N3O2/c1-10-8-13-15(14(20)9-10)16(17-2)18-19(13)11-4-6-12(21-3)7-5-11/h4-7,10H,8-9H2,1-3H3,(H,17,18). The van der Waals surface area contributed by atoms with E-state index in [1.807, 2.05) is 28.9 Å². The third kappa shape index (κ3) is 2.28. The Bertz CT molecular complexity index is 674. The summed E-state index contributed by atoms with van der Waals surface area (Å²) in [5, 5.41) is 7.60. The van der Waals surface area contributed by atoms with Crippen molar-refractivity contribution in [3.8, 4) is 11.4 Å². The summed E-state index contributed by atoms with van der Waals surface area (Å²) < 4.78 is 7.05. The molecule has 1 heterocycles. The quantitative estimate of drug-likeness (QED) is 0.942. The lowest BCUT2D eigenvalue weighted by Crippen LogP contribution is -2.19. The van der Waals surface area contributed by atoms with Crippen molar-refractivity contribution in [2.24, 2.45) is 5.92 Å². The van der Waals surface area contributed by atoms with Crippen LogP contribution < -0.4 is 10.1 Å². The molecule has 0 bridgehead atoms. The summed E-state index contributed by atoms with van der Waals surface area (Å²) in [6.07, 6.45) is 1.46. The van der Waals surface area contributed by atoms with Crippen molar-refractivity contribution in [3.63, 3.8) is 0 Å². The predicted octanol–water partition coefficient (Wildman–Crippen LogP) is 2.69. The summed E-state index contributed by atoms with van der Waals surface area (Å²) in [6.45, 7) is 2.10. The van der Waals surface area contributed by atoms with Crippen LogP contribution in [-0.4, -0.2) is 29.7 Å². The lowest BCUT2D eigenvalue weighted by Gasteiger charge is -2.19. The molecule has 1 aliphatic rings. The second-order valence-corrected chi connectivity index (χ2v) is 5.47. The van der Waals surface area contributed by atoms with E-state index in [2.05, 4.69) is 17.3 Å². The fourth-order valence-electron chi connectivity index (χ4n) is 2.87. The first-order valence-electron chi connectivity index (χ1n) is 7.11. The smallest absolute Gasteiger partial charge is 0.168 e. The molecule has 3 rings (SSSR count). The van der Waals surface area contributed by atoms with Crippen molar-refractivity contribution >= 4 is 11.6 Å². The monoisotopic (exact) mass is 285 g/mol. The highest BCUT2D eigenvalue weighted by molar-refractivity contribution is 6.02. The Labute approximate surface area is 123 Å². The Kier molecular flexibility index (Phi) is 3.41. The van der Waals surface area contributed by atoms with Crippen molar-refractivity contribution in [2.75, 3.05) is 19.5 Å². The minimum atomic E-state index is 0.174. The van der Waals surface area contributed by atoms with Crippen molar-refractivity contribution < 1.29 is 9.53 Å². The van der Waals surface area contributed by atoms with Gasteiger partial charge in [-0.1, -0.05) is 6.92 Å². The molecule has 0 amide bonds. The van der Waals surface area contributed by atoms with E-state index in [-0.39, 0.29) is 5.78 Å². The van der Waals surface area contributed by atoms with Crippen LogP contribution in [0.5, 0.6) is 5.75 Å². The van der Waals surface area contributed by atoms with Gasteiger partial charge in [0.25, 0.3) is 0 Å². The van der Waals surface area contributed by atoms with Crippen molar-refractivity contribution in [1.29, 1.82) is 0 Å². The number of ether oxygens (including phenoxy) is 1. The van der Waals surface area contributed by atoms with Gasteiger partial charge in [-0.2, -0.15) is 0 Å². The molecule has 0 aliphatic heterocycles. The Morgan fingerprint density at radius 1 is 1.29 bits per heavy atom. The topological polar surface area (TPSA) is 56.1 Å². The molecule has 0 fully saturated rings. The van der Waals surface area contributed by atoms with Gasteiger partial charge in [-0.25, -0.2) is 4.68 Å². The van der Waals surface area contributed by atoms with E-state index in [4.69, 9.17) is 4.74 Å². The third-order valence-corrected chi connectivity index (χ3v) is 3.89. The van der Waals surface area contributed by atoms with Gasteiger partial charge >= 0.3 is 0 Å². The van der Waals surface area contributed by atoms with E-state index in [1.54, 1.807) is 14.2 Å². The lowest BCUT2D eigenvalue weighted by molar-refractivity contribution is 0.0953. The Hall–Kier alpha value is -2.30. The number of rotatable bonds is 3. The van der Waals surface area contributed by atoms with Crippen LogP contribution >= 0.6 is 0 Å². The molecule has 21 heavy (non-hydrogen) atoms. The minimum absolute atomic E-state index is 0.174. The number of nitrogens with zero attached hydrogens (tertiary/aromatic N) is 2. The van der Waals surface area contributed by atoms with Crippen LogP contribution in [0.25, 0.3) is 5.69 Å². The zero-order valence-corrected chi connectivity index (χ0v) is 12.5. The van der Waals surface area contributed by atoms with E-state index < -0.39 is 0 Å². The van der Waals surface area contributed by atoms with E-state index in [0.717, 1.165) is 29.1 Å². The summed E-state index contributed by atoms with van der Waals surface area (Å²) in [4.78, 5) is 12.3. The van der Waals surface area contributed by atoms with Gasteiger partial charge < -0.3 is 10.1 Å². The van der Waals surface area contributed by atoms with E-state index in [1.165, 1.54) is 0 Å². The van der Waals surface area contributed by atoms with Crippen LogP contribution in [0.2, 0.25) is 0 Å². The number of hydrogen-bond acceptors (Lipinski definition) is 4. The van der Waals surface area contributed by atoms with Gasteiger partial charge in [-0.3, -0.25) is 4.79 Å². The van der Waals surface area contributed by atoms with Gasteiger partial charge in [-0.05, 0) is 36.6 Å². The number of ketones is 1. The van der Waals surface area contributed by atoms with Crippen LogP contribution in [0.4, 0.5) is 5.82 Å². The van der Waals surface area contributed by atoms with Crippen molar-refractivity contribution in [3.05, 3.63) is 35.5 Å². The SMILES string of the molecule is CNc1nn(-c2ccc(OC)cc2)c2c1C(=O)CC(C)C2. The zero-order valence-electron chi connectivity index (χ0n) is 12.5. The molecule has 0 spiro atoms. The molecular formula is C16H19N3O2. The molecule has 110 valence electrons. The molecule has 0 saturated carbocycles. The number of carbonyl (C=O) groups is 1. The molecular weight excluding hydrogens is 266 g/mol. The first-order valence-corrected chi connectivity index (χ1v) is 7.11. The first kappa shape index (κ1) is 13.7. The number of anilines is 1. The van der Waals surface area contributed by atoms with Crippen LogP contribution in [0.1, 0.15) is 29.4 Å². The molecule has 1 N–H and O–H groups in total. The fraction of sp³-hybridized carbons (Fsp3) is 0.375. The molecule has 1 aromatic carbocycles. The number of nitrogens with one attached hydrogen (secondary N) is 1. The van der Waals surface area contributed by atoms with E-state index >= 15 is 0 Å². The highest BCUT2D eigenvalue weighted by Gasteiger charge is 2.30. The predicted molar refractivity (Wildman–Crippen MR) is 81.5 cm³/mol. The molecule has 1 aromatic heterocycles. The molecule has 0 radical (unpaired) electrons. The Morgan fingerprint density at radius 2 is 2.00 bits per heavy atom. The van der Waals surface area contributed by atoms with Gasteiger partial charge in [-0.15, -0.1) is 5.10 Å². The average molecular weight is 285 g/mol. The molecule has 1 atom stereocenters. The second-order valence-electron chi connectivity index (χ2n) is 5.47. The summed E-state index contributed by atoms with van der Waals surface area (Å²) >= 11 is 0. The van der Waals surface area contributed by atoms with Crippen molar-refractivity contribution in [2.45, 2.75) is 19.8 Å². The Balaban J connectivity index is 2.12. The number of benzene rings is 1. The highest BCUT2D eigenvalue weighted by Crippen LogP contribution is 2.32. The number of fused-ring (bicyclic) bond motifs is 1. The molecule has 1 unspecified atom stereocenters. The zero-order chi connectivity index (χ0) is 15.0. The third-order valence-electron chi connectivity index (χ3n) is 3.89. The lowest BCUT2D eigenvalue weighted by atomic mass is 9.88. The van der Waals surface area contributed by atoms with E-state index in [0.29, 0.717) is 18.2 Å². The molecule has 5 heteroatoms. The van der Waals surface area contributed by atoms with Gasteiger partial charge in [0.2, 0.25) is 0 Å². The number of hydrogen-bond donors (Lipinski definition) is 1. The number of methoxy groups -OCH3 is 1. The summed E-state index contributed by atoms with van der Waals surface area (Å²) in [5.74, 6) is 1.99. The highest BCUT2D eigenvalue weighted by atomic mass is 16.5. The fourth-order valence-corrected chi connectivity index (χ4v) is 2.87. The normalized spacial score (nSPS) is 17.5. The van der Waals surface area contributed by atoms with Crippen molar-refractivity contribution in [1.82, 2.24) is 9.78 Å². The van der Waals surface area contributed by atoms with E-state index in [9.17, 15) is 4.79 Å².